The highest BCUT2D eigenvalue weighted by Crippen LogP contribution is 2.37. The SMILES string of the molecule is CC(C)(C)OC(=O)N1CCC(Cc2cccc(C(F)(F)F)c2)(C(=O)O)CC1. The van der Waals surface area contributed by atoms with Gasteiger partial charge in [-0.05, 0) is 51.7 Å². The average molecular weight is 387 g/mol. The summed E-state index contributed by atoms with van der Waals surface area (Å²) in [6.07, 6.45) is -4.71. The largest absolute Gasteiger partial charge is 0.481 e. The zero-order valence-corrected chi connectivity index (χ0v) is 15.6. The third-order valence-electron chi connectivity index (χ3n) is 4.62. The van der Waals surface area contributed by atoms with E-state index in [4.69, 9.17) is 4.74 Å². The number of carbonyl (C=O) groups excluding carboxylic acids is 1. The van der Waals surface area contributed by atoms with Gasteiger partial charge in [-0.1, -0.05) is 18.2 Å². The summed E-state index contributed by atoms with van der Waals surface area (Å²) in [5.41, 5.74) is -2.34. The van der Waals surface area contributed by atoms with Crippen molar-refractivity contribution in [3.05, 3.63) is 35.4 Å². The van der Waals surface area contributed by atoms with E-state index in [0.717, 1.165) is 12.1 Å². The van der Waals surface area contributed by atoms with E-state index in [-0.39, 0.29) is 32.4 Å². The van der Waals surface area contributed by atoms with Crippen LogP contribution in [-0.2, 0) is 22.1 Å². The van der Waals surface area contributed by atoms with Crippen molar-refractivity contribution in [2.24, 2.45) is 5.41 Å². The van der Waals surface area contributed by atoms with Gasteiger partial charge in [-0.15, -0.1) is 0 Å². The van der Waals surface area contributed by atoms with Gasteiger partial charge in [0.15, 0.2) is 0 Å². The molecule has 1 aromatic rings. The molecule has 5 nitrogen and oxygen atoms in total. The number of amides is 1. The molecule has 1 aromatic carbocycles. The molecule has 0 saturated carbocycles. The average Bonchev–Trinajstić information content (AvgIpc) is 2.53. The molecule has 0 unspecified atom stereocenters. The maximum Gasteiger partial charge on any atom is 0.416 e. The molecular weight excluding hydrogens is 363 g/mol. The van der Waals surface area contributed by atoms with Gasteiger partial charge in [0.1, 0.15) is 5.60 Å². The van der Waals surface area contributed by atoms with Crippen molar-refractivity contribution in [2.45, 2.75) is 51.8 Å². The first kappa shape index (κ1) is 21.1. The fourth-order valence-corrected chi connectivity index (χ4v) is 3.16. The molecule has 8 heteroatoms. The first-order valence-electron chi connectivity index (χ1n) is 8.70. The first-order valence-corrected chi connectivity index (χ1v) is 8.70. The minimum Gasteiger partial charge on any atom is -0.481 e. The lowest BCUT2D eigenvalue weighted by Crippen LogP contribution is -2.48. The number of carboxylic acid groups (broad SMARTS) is 1. The standard InChI is InChI=1S/C19H24F3NO4/c1-17(2,3)27-16(26)23-9-7-18(8-10-23,15(24)25)12-13-5-4-6-14(11-13)19(20,21)22/h4-6,11H,7-10,12H2,1-3H3,(H,24,25). The lowest BCUT2D eigenvalue weighted by Gasteiger charge is -2.39. The van der Waals surface area contributed by atoms with E-state index in [1.54, 1.807) is 20.8 Å². The summed E-state index contributed by atoms with van der Waals surface area (Å²) < 4.78 is 44.0. The van der Waals surface area contributed by atoms with Crippen LogP contribution >= 0.6 is 0 Å². The molecule has 0 spiro atoms. The number of carboxylic acids is 1. The molecule has 1 saturated heterocycles. The van der Waals surface area contributed by atoms with Crippen LogP contribution in [0.2, 0.25) is 0 Å². The van der Waals surface area contributed by atoms with Gasteiger partial charge in [-0.25, -0.2) is 4.79 Å². The summed E-state index contributed by atoms with van der Waals surface area (Å²) >= 11 is 0. The number of piperidine rings is 1. The molecule has 150 valence electrons. The Labute approximate surface area is 156 Å². The van der Waals surface area contributed by atoms with Gasteiger partial charge in [0.2, 0.25) is 0 Å². The molecule has 0 bridgehead atoms. The second kappa shape index (κ2) is 7.40. The highest BCUT2D eigenvalue weighted by molar-refractivity contribution is 5.76. The molecule has 2 rings (SSSR count). The van der Waals surface area contributed by atoms with Crippen molar-refractivity contribution in [2.75, 3.05) is 13.1 Å². The Hall–Kier alpha value is -2.25. The number of nitrogens with zero attached hydrogens (tertiary/aromatic N) is 1. The Morgan fingerprint density at radius 3 is 2.26 bits per heavy atom. The van der Waals surface area contributed by atoms with Crippen LogP contribution in [0.3, 0.4) is 0 Å². The predicted octanol–water partition coefficient (Wildman–Crippen LogP) is 4.35. The molecule has 1 N–H and O–H groups in total. The number of rotatable bonds is 3. The molecule has 1 fully saturated rings. The summed E-state index contributed by atoms with van der Waals surface area (Å²) in [5.74, 6) is -1.07. The number of hydrogen-bond donors (Lipinski definition) is 1. The highest BCUT2D eigenvalue weighted by Gasteiger charge is 2.43. The van der Waals surface area contributed by atoms with Gasteiger partial charge in [-0.3, -0.25) is 4.79 Å². The molecule has 1 aliphatic rings. The number of hydrogen-bond acceptors (Lipinski definition) is 3. The Kier molecular flexibility index (Phi) is 5.77. The second-order valence-corrected chi connectivity index (χ2v) is 7.93. The monoisotopic (exact) mass is 387 g/mol. The molecule has 0 atom stereocenters. The van der Waals surface area contributed by atoms with Crippen molar-refractivity contribution < 1.29 is 32.6 Å². The van der Waals surface area contributed by atoms with E-state index in [1.165, 1.54) is 17.0 Å². The number of likely N-dealkylation sites (tertiary alicyclic amines) is 1. The van der Waals surface area contributed by atoms with Crippen LogP contribution in [-0.4, -0.2) is 40.8 Å². The summed E-state index contributed by atoms with van der Waals surface area (Å²) in [4.78, 5) is 25.5. The summed E-state index contributed by atoms with van der Waals surface area (Å²) in [5, 5.41) is 9.73. The van der Waals surface area contributed by atoms with E-state index in [2.05, 4.69) is 0 Å². The zero-order valence-electron chi connectivity index (χ0n) is 15.6. The number of ether oxygens (including phenoxy) is 1. The van der Waals surface area contributed by atoms with Crippen LogP contribution in [0.15, 0.2) is 24.3 Å². The third kappa shape index (κ3) is 5.37. The van der Waals surface area contributed by atoms with E-state index in [9.17, 15) is 27.9 Å². The smallest absolute Gasteiger partial charge is 0.416 e. The molecule has 1 heterocycles. The lowest BCUT2D eigenvalue weighted by atomic mass is 9.73. The number of carbonyl (C=O) groups is 2. The molecular formula is C19H24F3NO4. The number of alkyl halides is 3. The Morgan fingerprint density at radius 2 is 1.78 bits per heavy atom. The predicted molar refractivity (Wildman–Crippen MR) is 92.3 cm³/mol. The van der Waals surface area contributed by atoms with Crippen molar-refractivity contribution in [1.29, 1.82) is 0 Å². The topological polar surface area (TPSA) is 66.8 Å². The minimum atomic E-state index is -4.48. The highest BCUT2D eigenvalue weighted by atomic mass is 19.4. The summed E-state index contributed by atoms with van der Waals surface area (Å²) in [6, 6.07) is 4.73. The molecule has 27 heavy (non-hydrogen) atoms. The normalized spacial score (nSPS) is 17.5. The van der Waals surface area contributed by atoms with Crippen molar-refractivity contribution >= 4 is 12.1 Å². The fraction of sp³-hybridized carbons (Fsp3) is 0.579. The molecule has 1 amide bonds. The van der Waals surface area contributed by atoms with Gasteiger partial charge >= 0.3 is 18.2 Å². The van der Waals surface area contributed by atoms with Crippen LogP contribution in [0.5, 0.6) is 0 Å². The van der Waals surface area contributed by atoms with Crippen LogP contribution in [0.25, 0.3) is 0 Å². The zero-order chi connectivity index (χ0) is 20.5. The summed E-state index contributed by atoms with van der Waals surface area (Å²) in [7, 11) is 0. The number of aliphatic carboxylic acids is 1. The third-order valence-corrected chi connectivity index (χ3v) is 4.62. The van der Waals surface area contributed by atoms with Gasteiger partial charge < -0.3 is 14.7 Å². The van der Waals surface area contributed by atoms with Crippen LogP contribution in [0.1, 0.15) is 44.7 Å². The van der Waals surface area contributed by atoms with Gasteiger partial charge in [-0.2, -0.15) is 13.2 Å². The maximum atomic E-state index is 12.9. The Balaban J connectivity index is 2.13. The Morgan fingerprint density at radius 1 is 1.19 bits per heavy atom. The molecule has 1 aliphatic heterocycles. The van der Waals surface area contributed by atoms with Crippen LogP contribution in [0, 0.1) is 5.41 Å². The van der Waals surface area contributed by atoms with Crippen LogP contribution < -0.4 is 0 Å². The minimum absolute atomic E-state index is 0.0194. The van der Waals surface area contributed by atoms with E-state index in [1.807, 2.05) is 0 Å². The van der Waals surface area contributed by atoms with Crippen molar-refractivity contribution in [3.63, 3.8) is 0 Å². The maximum absolute atomic E-state index is 12.9. The van der Waals surface area contributed by atoms with E-state index >= 15 is 0 Å². The first-order chi connectivity index (χ1) is 12.3. The van der Waals surface area contributed by atoms with Crippen LogP contribution in [0.4, 0.5) is 18.0 Å². The molecule has 0 aromatic heterocycles. The number of halogens is 3. The molecule has 0 aliphatic carbocycles. The van der Waals surface area contributed by atoms with Gasteiger partial charge in [0, 0.05) is 13.1 Å². The fourth-order valence-electron chi connectivity index (χ4n) is 3.16. The number of benzene rings is 1. The summed E-state index contributed by atoms with van der Waals surface area (Å²) in [6.45, 7) is 5.58. The van der Waals surface area contributed by atoms with E-state index in [0.29, 0.717) is 5.56 Å². The van der Waals surface area contributed by atoms with Gasteiger partial charge in [0.25, 0.3) is 0 Å². The Bertz CT molecular complexity index is 702. The van der Waals surface area contributed by atoms with E-state index < -0.39 is 34.8 Å². The lowest BCUT2D eigenvalue weighted by molar-refractivity contribution is -0.152. The van der Waals surface area contributed by atoms with Gasteiger partial charge in [0.05, 0.1) is 11.0 Å². The quantitative estimate of drug-likeness (QED) is 0.837. The molecule has 0 radical (unpaired) electrons. The second-order valence-electron chi connectivity index (χ2n) is 7.93. The van der Waals surface area contributed by atoms with Crippen molar-refractivity contribution in [1.82, 2.24) is 4.90 Å². The van der Waals surface area contributed by atoms with Crippen molar-refractivity contribution in [3.8, 4) is 0 Å².